The molecular formula is C12H23N3O3S. The van der Waals surface area contributed by atoms with Crippen LogP contribution in [0.5, 0.6) is 0 Å². The van der Waals surface area contributed by atoms with Gasteiger partial charge in [-0.2, -0.15) is 5.10 Å². The molecule has 19 heavy (non-hydrogen) atoms. The molecule has 0 bridgehead atoms. The van der Waals surface area contributed by atoms with Crippen LogP contribution in [0, 0.1) is 0 Å². The monoisotopic (exact) mass is 289 g/mol. The van der Waals surface area contributed by atoms with Gasteiger partial charge in [-0.15, -0.1) is 0 Å². The molecule has 0 aliphatic carbocycles. The zero-order valence-electron chi connectivity index (χ0n) is 11.7. The Kier molecular flexibility index (Phi) is 5.96. The number of hydrogen-bond donors (Lipinski definition) is 2. The van der Waals surface area contributed by atoms with Gasteiger partial charge in [-0.3, -0.25) is 4.68 Å². The lowest BCUT2D eigenvalue weighted by atomic mass is 10.2. The zero-order valence-corrected chi connectivity index (χ0v) is 12.5. The van der Waals surface area contributed by atoms with Gasteiger partial charge in [0.05, 0.1) is 12.3 Å². The van der Waals surface area contributed by atoms with E-state index in [0.717, 1.165) is 12.7 Å². The Morgan fingerprint density at radius 2 is 2.16 bits per heavy atom. The van der Waals surface area contributed by atoms with E-state index in [4.69, 9.17) is 0 Å². The second-order valence-electron chi connectivity index (χ2n) is 5.07. The fourth-order valence-electron chi connectivity index (χ4n) is 1.62. The Bertz CT molecular complexity index is 482. The van der Waals surface area contributed by atoms with Crippen molar-refractivity contribution in [2.75, 3.05) is 12.8 Å². The van der Waals surface area contributed by atoms with Gasteiger partial charge in [0, 0.05) is 31.6 Å². The molecule has 1 rings (SSSR count). The third-order valence-corrected chi connectivity index (χ3v) is 3.79. The van der Waals surface area contributed by atoms with Crippen LogP contribution in [0.25, 0.3) is 0 Å². The van der Waals surface area contributed by atoms with E-state index in [9.17, 15) is 13.5 Å². The van der Waals surface area contributed by atoms with E-state index in [0.29, 0.717) is 25.6 Å². The maximum Gasteiger partial charge on any atom is 0.178 e. The standard InChI is InChI=1S/C12H23N3O3S/c1-10(2)13-7-11(16)5-4-6-15-9-12(8-14-15)19(3,17)18/h8-11,13,16H,4-7H2,1-3H3. The largest absolute Gasteiger partial charge is 0.392 e. The summed E-state index contributed by atoms with van der Waals surface area (Å²) in [5.74, 6) is 0. The number of hydrogen-bond acceptors (Lipinski definition) is 5. The molecule has 0 aliphatic rings. The van der Waals surface area contributed by atoms with Gasteiger partial charge in [0.15, 0.2) is 9.84 Å². The van der Waals surface area contributed by atoms with Crippen molar-refractivity contribution in [3.05, 3.63) is 12.4 Å². The molecular weight excluding hydrogens is 266 g/mol. The molecule has 0 spiro atoms. The molecule has 1 aromatic heterocycles. The summed E-state index contributed by atoms with van der Waals surface area (Å²) in [7, 11) is -3.18. The van der Waals surface area contributed by atoms with Gasteiger partial charge < -0.3 is 10.4 Å². The first kappa shape index (κ1) is 16.1. The predicted molar refractivity (Wildman–Crippen MR) is 73.7 cm³/mol. The van der Waals surface area contributed by atoms with Gasteiger partial charge in [0.2, 0.25) is 0 Å². The van der Waals surface area contributed by atoms with Crippen molar-refractivity contribution >= 4 is 9.84 Å². The minimum absolute atomic E-state index is 0.231. The van der Waals surface area contributed by atoms with Gasteiger partial charge >= 0.3 is 0 Å². The number of rotatable bonds is 8. The maximum absolute atomic E-state index is 11.3. The van der Waals surface area contributed by atoms with E-state index in [1.807, 2.05) is 13.8 Å². The molecule has 2 N–H and O–H groups in total. The summed E-state index contributed by atoms with van der Waals surface area (Å²) in [5.41, 5.74) is 0. The number of aliphatic hydroxyl groups is 1. The molecule has 7 heteroatoms. The Balaban J connectivity index is 2.32. The van der Waals surface area contributed by atoms with Crippen LogP contribution in [0.15, 0.2) is 17.3 Å². The zero-order chi connectivity index (χ0) is 14.5. The Labute approximate surface area is 114 Å². The van der Waals surface area contributed by atoms with Crippen LogP contribution in [-0.4, -0.2) is 48.3 Å². The second kappa shape index (κ2) is 7.02. The summed E-state index contributed by atoms with van der Waals surface area (Å²) in [6.07, 6.45) is 5.07. The van der Waals surface area contributed by atoms with E-state index in [2.05, 4.69) is 10.4 Å². The number of nitrogens with one attached hydrogen (secondary N) is 1. The lowest BCUT2D eigenvalue weighted by Gasteiger charge is -2.13. The molecule has 0 saturated carbocycles. The molecule has 110 valence electrons. The van der Waals surface area contributed by atoms with Crippen LogP contribution in [0.3, 0.4) is 0 Å². The Morgan fingerprint density at radius 3 is 2.68 bits per heavy atom. The summed E-state index contributed by atoms with van der Waals surface area (Å²) in [6, 6.07) is 0.359. The number of aryl methyl sites for hydroxylation is 1. The Morgan fingerprint density at radius 1 is 1.47 bits per heavy atom. The van der Waals surface area contributed by atoms with Gasteiger partial charge in [-0.05, 0) is 12.8 Å². The first-order chi connectivity index (χ1) is 8.79. The number of aromatic nitrogens is 2. The fraction of sp³-hybridized carbons (Fsp3) is 0.750. The van der Waals surface area contributed by atoms with E-state index in [1.54, 1.807) is 4.68 Å². The van der Waals surface area contributed by atoms with Crippen LogP contribution in [-0.2, 0) is 16.4 Å². The van der Waals surface area contributed by atoms with Crippen molar-refractivity contribution in [1.82, 2.24) is 15.1 Å². The van der Waals surface area contributed by atoms with E-state index in [-0.39, 0.29) is 11.0 Å². The first-order valence-electron chi connectivity index (χ1n) is 6.43. The van der Waals surface area contributed by atoms with E-state index in [1.165, 1.54) is 12.4 Å². The summed E-state index contributed by atoms with van der Waals surface area (Å²) in [5, 5.41) is 16.9. The van der Waals surface area contributed by atoms with E-state index >= 15 is 0 Å². The van der Waals surface area contributed by atoms with Gasteiger partial charge in [-0.1, -0.05) is 13.8 Å². The molecule has 0 amide bonds. The third-order valence-electron chi connectivity index (χ3n) is 2.72. The number of nitrogens with zero attached hydrogens (tertiary/aromatic N) is 2. The van der Waals surface area contributed by atoms with Crippen molar-refractivity contribution in [3.8, 4) is 0 Å². The molecule has 0 aromatic carbocycles. The van der Waals surface area contributed by atoms with Crippen molar-refractivity contribution in [1.29, 1.82) is 0 Å². The van der Waals surface area contributed by atoms with Crippen LogP contribution in [0.1, 0.15) is 26.7 Å². The molecule has 6 nitrogen and oxygen atoms in total. The molecule has 0 fully saturated rings. The van der Waals surface area contributed by atoms with Crippen LogP contribution >= 0.6 is 0 Å². The minimum atomic E-state index is -3.18. The average Bonchev–Trinajstić information content (AvgIpc) is 2.74. The second-order valence-corrected chi connectivity index (χ2v) is 7.09. The molecule has 1 aromatic rings. The summed E-state index contributed by atoms with van der Waals surface area (Å²) in [4.78, 5) is 0.231. The van der Waals surface area contributed by atoms with Gasteiger partial charge in [0.25, 0.3) is 0 Å². The van der Waals surface area contributed by atoms with Crippen molar-refractivity contribution in [3.63, 3.8) is 0 Å². The molecule has 0 aliphatic heterocycles. The van der Waals surface area contributed by atoms with Crippen molar-refractivity contribution in [2.45, 2.75) is 50.3 Å². The summed E-state index contributed by atoms with van der Waals surface area (Å²) < 4.78 is 24.1. The van der Waals surface area contributed by atoms with Crippen LogP contribution in [0.4, 0.5) is 0 Å². The highest BCUT2D eigenvalue weighted by Crippen LogP contribution is 2.07. The minimum Gasteiger partial charge on any atom is -0.392 e. The van der Waals surface area contributed by atoms with Crippen LogP contribution in [0.2, 0.25) is 0 Å². The molecule has 1 atom stereocenters. The molecule has 0 saturated heterocycles. The lowest BCUT2D eigenvalue weighted by molar-refractivity contribution is 0.154. The highest BCUT2D eigenvalue weighted by molar-refractivity contribution is 7.90. The lowest BCUT2D eigenvalue weighted by Crippen LogP contribution is -2.31. The molecule has 1 heterocycles. The number of aliphatic hydroxyl groups excluding tert-OH is 1. The van der Waals surface area contributed by atoms with Crippen LogP contribution < -0.4 is 5.32 Å². The van der Waals surface area contributed by atoms with Gasteiger partial charge in [-0.25, -0.2) is 8.42 Å². The normalized spacial score (nSPS) is 13.9. The fourth-order valence-corrected chi connectivity index (χ4v) is 2.17. The smallest absolute Gasteiger partial charge is 0.178 e. The van der Waals surface area contributed by atoms with Crippen molar-refractivity contribution in [2.24, 2.45) is 0 Å². The predicted octanol–water partition coefficient (Wildman–Crippen LogP) is 0.426. The molecule has 1 unspecified atom stereocenters. The third kappa shape index (κ3) is 6.17. The van der Waals surface area contributed by atoms with Gasteiger partial charge in [0.1, 0.15) is 4.90 Å². The number of sulfone groups is 1. The quantitative estimate of drug-likeness (QED) is 0.725. The Hall–Kier alpha value is -0.920. The average molecular weight is 289 g/mol. The van der Waals surface area contributed by atoms with E-state index < -0.39 is 9.84 Å². The summed E-state index contributed by atoms with van der Waals surface area (Å²) in [6.45, 7) is 5.24. The topological polar surface area (TPSA) is 84.2 Å². The van der Waals surface area contributed by atoms with Crippen molar-refractivity contribution < 1.29 is 13.5 Å². The maximum atomic E-state index is 11.3. The molecule has 0 radical (unpaired) electrons. The SMILES string of the molecule is CC(C)NCC(O)CCCn1cc(S(C)(=O)=O)cn1. The summed E-state index contributed by atoms with van der Waals surface area (Å²) >= 11 is 0. The highest BCUT2D eigenvalue weighted by atomic mass is 32.2. The first-order valence-corrected chi connectivity index (χ1v) is 8.32. The highest BCUT2D eigenvalue weighted by Gasteiger charge is 2.10.